The van der Waals surface area contributed by atoms with Gasteiger partial charge >= 0.3 is 0 Å². The number of rotatable bonds is 4. The third-order valence-corrected chi connectivity index (χ3v) is 11.9. The van der Waals surface area contributed by atoms with E-state index >= 15 is 0 Å². The van der Waals surface area contributed by atoms with Crippen molar-refractivity contribution >= 4 is 49.2 Å². The molecule has 0 aliphatic heterocycles. The minimum atomic E-state index is -0.0436. The van der Waals surface area contributed by atoms with Crippen molar-refractivity contribution in [2.24, 2.45) is 0 Å². The molecule has 2 aliphatic carbocycles. The van der Waals surface area contributed by atoms with Crippen molar-refractivity contribution in [1.29, 1.82) is 0 Å². The number of fused-ring (bicyclic) bond motifs is 8. The Morgan fingerprint density at radius 3 is 2.11 bits per heavy atom. The molecule has 3 nitrogen and oxygen atoms in total. The van der Waals surface area contributed by atoms with E-state index in [1.165, 1.54) is 71.7 Å². The quantitative estimate of drug-likeness (QED) is 0.184. The molecule has 2 aliphatic rings. The molecule has 9 aromatic rings. The van der Waals surface area contributed by atoms with Crippen molar-refractivity contribution < 1.29 is 0 Å². The molecular weight excluding hydrogens is 655 g/mol. The van der Waals surface area contributed by atoms with Gasteiger partial charge in [-0.2, -0.15) is 0 Å². The molecule has 0 saturated carbocycles. The van der Waals surface area contributed by atoms with Crippen LogP contribution in [0.15, 0.2) is 170 Å². The molecule has 1 unspecified atom stereocenters. The van der Waals surface area contributed by atoms with Crippen molar-refractivity contribution in [3.05, 3.63) is 187 Å². The van der Waals surface area contributed by atoms with Gasteiger partial charge in [0.2, 0.25) is 0 Å². The molecule has 0 amide bonds. The fourth-order valence-corrected chi connectivity index (χ4v) is 9.17. The van der Waals surface area contributed by atoms with E-state index in [2.05, 4.69) is 188 Å². The van der Waals surface area contributed by atoms with Crippen molar-refractivity contribution in [3.8, 4) is 33.5 Å². The van der Waals surface area contributed by atoms with Crippen molar-refractivity contribution in [2.45, 2.75) is 31.6 Å². The van der Waals surface area contributed by atoms with Gasteiger partial charge in [0.15, 0.2) is 0 Å². The van der Waals surface area contributed by atoms with Crippen LogP contribution >= 0.6 is 0 Å². The lowest BCUT2D eigenvalue weighted by molar-refractivity contribution is 0.661. The maximum Gasteiger partial charge on any atom is 0.136 e. The topological polar surface area (TPSA) is 30.7 Å². The third-order valence-electron chi connectivity index (χ3n) is 11.9. The Kier molecular flexibility index (Phi) is 6.72. The summed E-state index contributed by atoms with van der Waals surface area (Å²) in [6.45, 7) is 4.72. The molecule has 0 saturated heterocycles. The van der Waals surface area contributed by atoms with E-state index in [0.717, 1.165) is 34.4 Å². The first-order valence-corrected chi connectivity index (χ1v) is 18.9. The van der Waals surface area contributed by atoms with Gasteiger partial charge in [-0.1, -0.05) is 153 Å². The van der Waals surface area contributed by atoms with Gasteiger partial charge in [-0.3, -0.25) is 0 Å². The predicted octanol–water partition coefficient (Wildman–Crippen LogP) is 13.1. The summed E-state index contributed by atoms with van der Waals surface area (Å²) in [5.74, 6) is 0.921. The van der Waals surface area contributed by atoms with E-state index in [-0.39, 0.29) is 11.3 Å². The molecule has 0 bridgehead atoms. The second kappa shape index (κ2) is 11.7. The molecule has 2 heterocycles. The zero-order valence-corrected chi connectivity index (χ0v) is 30.3. The Morgan fingerprint density at radius 1 is 0.556 bits per heavy atom. The zero-order chi connectivity index (χ0) is 36.0. The maximum atomic E-state index is 5.31. The van der Waals surface area contributed by atoms with E-state index < -0.39 is 0 Å². The van der Waals surface area contributed by atoms with Crippen LogP contribution in [-0.2, 0) is 5.41 Å². The Bertz CT molecular complexity index is 3040. The monoisotopic (exact) mass is 691 g/mol. The standard InChI is InChI=1S/C51H37N3/c1-51(2)44-19-8-5-15-39(44)42-31-48-43(30-45(42)51)40-16-7-10-21-47(40)54(48)36-28-26-35(27-29-36)50-52-46-20-9-6-17-41(46)49(53-50)34-24-22-33(23-25-34)38-18-11-13-32-12-3-4-14-37(32)38/h3-26,28-31,35H,27H2,1-2H3. The summed E-state index contributed by atoms with van der Waals surface area (Å²) >= 11 is 0. The Morgan fingerprint density at radius 2 is 1.26 bits per heavy atom. The normalized spacial score (nSPS) is 15.9. The average molecular weight is 692 g/mol. The summed E-state index contributed by atoms with van der Waals surface area (Å²) < 4.78 is 2.45. The van der Waals surface area contributed by atoms with Crippen LogP contribution in [0.4, 0.5) is 0 Å². The maximum absolute atomic E-state index is 5.31. The molecule has 2 aromatic heterocycles. The van der Waals surface area contributed by atoms with Crippen molar-refractivity contribution in [3.63, 3.8) is 0 Å². The summed E-state index contributed by atoms with van der Waals surface area (Å²) in [6.07, 6.45) is 7.78. The summed E-state index contributed by atoms with van der Waals surface area (Å²) in [5, 5.41) is 6.17. The van der Waals surface area contributed by atoms with Gasteiger partial charge in [0.25, 0.3) is 0 Å². The average Bonchev–Trinajstić information content (AvgIpc) is 3.67. The number of aromatic nitrogens is 3. The Hall–Kier alpha value is -6.58. The van der Waals surface area contributed by atoms with E-state index in [4.69, 9.17) is 9.97 Å². The van der Waals surface area contributed by atoms with Gasteiger partial charge in [0, 0.05) is 38.8 Å². The van der Waals surface area contributed by atoms with Crippen molar-refractivity contribution in [1.82, 2.24) is 14.5 Å². The lowest BCUT2D eigenvalue weighted by Crippen LogP contribution is -2.14. The van der Waals surface area contributed by atoms with Crippen LogP contribution in [0, 0.1) is 0 Å². The molecule has 54 heavy (non-hydrogen) atoms. The highest BCUT2D eigenvalue weighted by molar-refractivity contribution is 6.12. The number of hydrogen-bond acceptors (Lipinski definition) is 2. The first-order chi connectivity index (χ1) is 26.5. The number of nitrogens with zero attached hydrogens (tertiary/aromatic N) is 3. The number of para-hydroxylation sites is 2. The molecule has 0 radical (unpaired) electrons. The number of allylic oxidation sites excluding steroid dienone is 4. The van der Waals surface area contributed by atoms with E-state index in [9.17, 15) is 0 Å². The molecule has 3 heteroatoms. The van der Waals surface area contributed by atoms with Gasteiger partial charge in [-0.05, 0) is 80.9 Å². The van der Waals surface area contributed by atoms with Crippen LogP contribution in [0.2, 0.25) is 0 Å². The molecule has 0 fully saturated rings. The SMILES string of the molecule is CC1(C)c2ccccc2-c2cc3c(cc21)c1ccccc1n3C1=CCC(c2nc(-c3ccc(-c4cccc5ccccc45)cc3)c3ccccc3n2)C=C1. The Balaban J connectivity index is 0.974. The van der Waals surface area contributed by atoms with E-state index in [1.54, 1.807) is 0 Å². The van der Waals surface area contributed by atoms with Crippen LogP contribution in [-0.4, -0.2) is 14.5 Å². The molecule has 11 rings (SSSR count). The fraction of sp³-hybridized carbons (Fsp3) is 0.0980. The minimum absolute atomic E-state index is 0.0436. The van der Waals surface area contributed by atoms with Crippen LogP contribution in [0.5, 0.6) is 0 Å². The summed E-state index contributed by atoms with van der Waals surface area (Å²) in [5.41, 5.74) is 14.6. The zero-order valence-electron chi connectivity index (χ0n) is 30.3. The molecule has 1 atom stereocenters. The van der Waals surface area contributed by atoms with Crippen LogP contribution < -0.4 is 0 Å². The second-order valence-electron chi connectivity index (χ2n) is 15.3. The van der Waals surface area contributed by atoms with Gasteiger partial charge in [-0.15, -0.1) is 0 Å². The van der Waals surface area contributed by atoms with Gasteiger partial charge < -0.3 is 4.57 Å². The first-order valence-electron chi connectivity index (χ1n) is 18.9. The number of hydrogen-bond donors (Lipinski definition) is 0. The van der Waals surface area contributed by atoms with Gasteiger partial charge in [0.05, 0.1) is 22.2 Å². The highest BCUT2D eigenvalue weighted by atomic mass is 15.0. The smallest absolute Gasteiger partial charge is 0.136 e. The first kappa shape index (κ1) is 31.0. The Labute approximate surface area is 314 Å². The van der Waals surface area contributed by atoms with E-state index in [1.807, 2.05) is 0 Å². The molecule has 256 valence electrons. The van der Waals surface area contributed by atoms with Crippen LogP contribution in [0.25, 0.3) is 82.7 Å². The van der Waals surface area contributed by atoms with Crippen molar-refractivity contribution in [2.75, 3.05) is 0 Å². The largest absolute Gasteiger partial charge is 0.310 e. The van der Waals surface area contributed by atoms with Crippen LogP contribution in [0.1, 0.15) is 43.1 Å². The van der Waals surface area contributed by atoms with Gasteiger partial charge in [-0.25, -0.2) is 9.97 Å². The van der Waals surface area contributed by atoms with Gasteiger partial charge in [0.1, 0.15) is 5.82 Å². The van der Waals surface area contributed by atoms with E-state index in [0.29, 0.717) is 0 Å². The lowest BCUT2D eigenvalue weighted by atomic mass is 9.82. The molecule has 0 spiro atoms. The lowest BCUT2D eigenvalue weighted by Gasteiger charge is -2.21. The molecule has 0 N–H and O–H groups in total. The molecule has 7 aromatic carbocycles. The second-order valence-corrected chi connectivity index (χ2v) is 15.3. The summed E-state index contributed by atoms with van der Waals surface area (Å²) in [7, 11) is 0. The van der Waals surface area contributed by atoms with Crippen LogP contribution in [0.3, 0.4) is 0 Å². The predicted molar refractivity (Wildman–Crippen MR) is 226 cm³/mol. The highest BCUT2D eigenvalue weighted by Gasteiger charge is 2.36. The third kappa shape index (κ3) is 4.61. The highest BCUT2D eigenvalue weighted by Crippen LogP contribution is 2.51. The molecular formula is C51H37N3. The fourth-order valence-electron chi connectivity index (χ4n) is 9.17. The number of benzene rings is 7. The summed E-state index contributed by atoms with van der Waals surface area (Å²) in [4.78, 5) is 10.5. The minimum Gasteiger partial charge on any atom is -0.310 e. The summed E-state index contributed by atoms with van der Waals surface area (Å²) in [6, 6.07) is 55.0.